The van der Waals surface area contributed by atoms with Gasteiger partial charge in [0, 0.05) is 6.54 Å². The number of likely N-dealkylation sites (tertiary alicyclic amines) is 1. The summed E-state index contributed by atoms with van der Waals surface area (Å²) in [7, 11) is 0. The Kier molecular flexibility index (Phi) is 4.52. The number of carboxylic acid groups (broad SMARTS) is 1. The molecule has 1 rings (SSSR count). The molecule has 1 fully saturated rings. The van der Waals surface area contributed by atoms with Crippen LogP contribution in [0.25, 0.3) is 0 Å². The van der Waals surface area contributed by atoms with Crippen LogP contribution in [0, 0.1) is 5.92 Å². The predicted molar refractivity (Wildman–Crippen MR) is 61.0 cm³/mol. The van der Waals surface area contributed by atoms with Crippen molar-refractivity contribution in [1.82, 2.24) is 4.90 Å². The fraction of sp³-hybridized carbons (Fsp3) is 0.667. The van der Waals surface area contributed by atoms with E-state index < -0.39 is 12.0 Å². The van der Waals surface area contributed by atoms with Gasteiger partial charge < -0.3 is 10.0 Å². The minimum Gasteiger partial charge on any atom is -0.480 e. The Morgan fingerprint density at radius 2 is 2.06 bits per heavy atom. The molecule has 1 aliphatic heterocycles. The number of carbonyl (C=O) groups excluding carboxylic acids is 1. The van der Waals surface area contributed by atoms with E-state index in [1.54, 1.807) is 6.08 Å². The maximum Gasteiger partial charge on any atom is 0.326 e. The van der Waals surface area contributed by atoms with Crippen LogP contribution in [0.15, 0.2) is 12.2 Å². The van der Waals surface area contributed by atoms with Crippen LogP contribution in [0.3, 0.4) is 0 Å². The Morgan fingerprint density at radius 3 is 2.62 bits per heavy atom. The highest BCUT2D eigenvalue weighted by Gasteiger charge is 2.30. The second-order valence-corrected chi connectivity index (χ2v) is 4.48. The number of allylic oxidation sites excluding steroid dienone is 1. The van der Waals surface area contributed by atoms with Gasteiger partial charge in [-0.15, -0.1) is 0 Å². The summed E-state index contributed by atoms with van der Waals surface area (Å²) in [5.41, 5.74) is 0. The van der Waals surface area contributed by atoms with Gasteiger partial charge in [-0.1, -0.05) is 19.9 Å². The first kappa shape index (κ1) is 12.7. The molecule has 1 N–H and O–H groups in total. The molecule has 0 aromatic heterocycles. The Hall–Kier alpha value is -1.32. The van der Waals surface area contributed by atoms with Gasteiger partial charge >= 0.3 is 5.97 Å². The highest BCUT2D eigenvalue weighted by atomic mass is 16.4. The normalized spacial score (nSPS) is 21.7. The second-order valence-electron chi connectivity index (χ2n) is 4.48. The molecule has 1 amide bonds. The molecule has 0 radical (unpaired) electrons. The summed E-state index contributed by atoms with van der Waals surface area (Å²) in [6.45, 7) is 4.52. The molecule has 1 atom stereocenters. The van der Waals surface area contributed by atoms with Crippen molar-refractivity contribution in [2.75, 3.05) is 6.54 Å². The summed E-state index contributed by atoms with van der Waals surface area (Å²) in [6, 6.07) is -0.641. The smallest absolute Gasteiger partial charge is 0.326 e. The van der Waals surface area contributed by atoms with E-state index in [1.165, 1.54) is 11.0 Å². The number of piperidine rings is 1. The summed E-state index contributed by atoms with van der Waals surface area (Å²) < 4.78 is 0. The first-order valence-corrected chi connectivity index (χ1v) is 5.74. The van der Waals surface area contributed by atoms with Gasteiger partial charge in [0.25, 0.3) is 0 Å². The second kappa shape index (κ2) is 5.68. The van der Waals surface area contributed by atoms with Crippen molar-refractivity contribution < 1.29 is 14.7 Å². The molecule has 1 aliphatic rings. The highest BCUT2D eigenvalue weighted by molar-refractivity contribution is 5.91. The molecule has 16 heavy (non-hydrogen) atoms. The summed E-state index contributed by atoms with van der Waals surface area (Å²) >= 11 is 0. The molecule has 0 aromatic rings. The van der Waals surface area contributed by atoms with E-state index in [2.05, 4.69) is 0 Å². The van der Waals surface area contributed by atoms with Gasteiger partial charge in [-0.3, -0.25) is 4.79 Å². The average molecular weight is 225 g/mol. The third kappa shape index (κ3) is 3.36. The summed E-state index contributed by atoms with van der Waals surface area (Å²) in [4.78, 5) is 24.2. The molecule has 1 unspecified atom stereocenters. The van der Waals surface area contributed by atoms with Crippen LogP contribution in [0.4, 0.5) is 0 Å². The fourth-order valence-corrected chi connectivity index (χ4v) is 1.82. The van der Waals surface area contributed by atoms with E-state index in [0.717, 1.165) is 12.8 Å². The van der Waals surface area contributed by atoms with Gasteiger partial charge in [-0.2, -0.15) is 0 Å². The van der Waals surface area contributed by atoms with Crippen molar-refractivity contribution in [3.05, 3.63) is 12.2 Å². The molecule has 0 bridgehead atoms. The van der Waals surface area contributed by atoms with Gasteiger partial charge in [-0.25, -0.2) is 4.79 Å². The maximum atomic E-state index is 11.8. The third-order valence-electron chi connectivity index (χ3n) is 2.69. The molecule has 0 spiro atoms. The van der Waals surface area contributed by atoms with E-state index in [0.29, 0.717) is 18.9 Å². The molecule has 0 aromatic carbocycles. The molecule has 90 valence electrons. The Balaban J connectivity index is 2.68. The van der Waals surface area contributed by atoms with E-state index in [1.807, 2.05) is 13.8 Å². The Labute approximate surface area is 95.9 Å². The number of carbonyl (C=O) groups is 2. The number of aliphatic carboxylic acids is 1. The number of rotatable bonds is 3. The molecule has 0 aliphatic carbocycles. The molecule has 4 nitrogen and oxygen atoms in total. The lowest BCUT2D eigenvalue weighted by molar-refractivity contribution is -0.150. The van der Waals surface area contributed by atoms with Gasteiger partial charge in [0.1, 0.15) is 6.04 Å². The van der Waals surface area contributed by atoms with Gasteiger partial charge in [0.05, 0.1) is 0 Å². The monoisotopic (exact) mass is 225 g/mol. The molecule has 1 heterocycles. The first-order valence-electron chi connectivity index (χ1n) is 5.74. The van der Waals surface area contributed by atoms with Crippen LogP contribution < -0.4 is 0 Å². The summed E-state index contributed by atoms with van der Waals surface area (Å²) in [6.07, 6.45) is 5.64. The molecule has 1 saturated heterocycles. The largest absolute Gasteiger partial charge is 0.480 e. The highest BCUT2D eigenvalue weighted by Crippen LogP contribution is 2.17. The third-order valence-corrected chi connectivity index (χ3v) is 2.69. The van der Waals surface area contributed by atoms with Gasteiger partial charge in [-0.05, 0) is 31.3 Å². The number of amides is 1. The number of hydrogen-bond donors (Lipinski definition) is 1. The van der Waals surface area contributed by atoms with Crippen LogP contribution in [0.2, 0.25) is 0 Å². The molecule has 0 saturated carbocycles. The fourth-order valence-electron chi connectivity index (χ4n) is 1.82. The molecular formula is C12H19NO3. The first-order chi connectivity index (χ1) is 7.52. The quantitative estimate of drug-likeness (QED) is 0.743. The van der Waals surface area contributed by atoms with Crippen molar-refractivity contribution in [3.8, 4) is 0 Å². The minimum absolute atomic E-state index is 0.180. The zero-order valence-corrected chi connectivity index (χ0v) is 9.85. The SMILES string of the molecule is CC(C)/C=C/C(=O)N1CCCCC1C(=O)O. The van der Waals surface area contributed by atoms with E-state index in [9.17, 15) is 9.59 Å². The number of carboxylic acids is 1. The van der Waals surface area contributed by atoms with Crippen LogP contribution >= 0.6 is 0 Å². The van der Waals surface area contributed by atoms with E-state index in [4.69, 9.17) is 5.11 Å². The predicted octanol–water partition coefficient (Wildman–Crippen LogP) is 1.66. The Bertz CT molecular complexity index is 297. The van der Waals surface area contributed by atoms with Gasteiger partial charge in [0.15, 0.2) is 0 Å². The van der Waals surface area contributed by atoms with Crippen LogP contribution in [-0.2, 0) is 9.59 Å². The zero-order chi connectivity index (χ0) is 12.1. The lowest BCUT2D eigenvalue weighted by Crippen LogP contribution is -2.47. The number of hydrogen-bond acceptors (Lipinski definition) is 2. The van der Waals surface area contributed by atoms with E-state index >= 15 is 0 Å². The maximum absolute atomic E-state index is 11.8. The zero-order valence-electron chi connectivity index (χ0n) is 9.85. The standard InChI is InChI=1S/C12H19NO3/c1-9(2)6-7-11(14)13-8-4-3-5-10(13)12(15)16/h6-7,9-10H,3-5,8H2,1-2H3,(H,15,16)/b7-6+. The van der Waals surface area contributed by atoms with Crippen molar-refractivity contribution in [3.63, 3.8) is 0 Å². The average Bonchev–Trinajstić information content (AvgIpc) is 2.25. The van der Waals surface area contributed by atoms with Crippen molar-refractivity contribution in [2.24, 2.45) is 5.92 Å². The van der Waals surface area contributed by atoms with Crippen molar-refractivity contribution >= 4 is 11.9 Å². The van der Waals surface area contributed by atoms with Crippen LogP contribution in [-0.4, -0.2) is 34.5 Å². The lowest BCUT2D eigenvalue weighted by atomic mass is 10.0. The molecule has 4 heteroatoms. The van der Waals surface area contributed by atoms with E-state index in [-0.39, 0.29) is 5.91 Å². The minimum atomic E-state index is -0.897. The molecular weight excluding hydrogens is 206 g/mol. The summed E-state index contributed by atoms with van der Waals surface area (Å²) in [5, 5.41) is 9.02. The Morgan fingerprint density at radius 1 is 1.38 bits per heavy atom. The van der Waals surface area contributed by atoms with Gasteiger partial charge in [0.2, 0.25) is 5.91 Å². The van der Waals surface area contributed by atoms with Crippen LogP contribution in [0.1, 0.15) is 33.1 Å². The lowest BCUT2D eigenvalue weighted by Gasteiger charge is -2.32. The van der Waals surface area contributed by atoms with Crippen molar-refractivity contribution in [1.29, 1.82) is 0 Å². The topological polar surface area (TPSA) is 57.6 Å². The summed E-state index contributed by atoms with van der Waals surface area (Å²) in [5.74, 6) is -0.774. The number of nitrogens with zero attached hydrogens (tertiary/aromatic N) is 1. The van der Waals surface area contributed by atoms with Crippen LogP contribution in [0.5, 0.6) is 0 Å². The van der Waals surface area contributed by atoms with Crippen molar-refractivity contribution in [2.45, 2.75) is 39.2 Å².